The number of benzene rings is 3. The Kier molecular flexibility index (Phi) is 5.87. The lowest BCUT2D eigenvalue weighted by Gasteiger charge is -2.15. The SMILES string of the molecule is CCOC(=O)c1cccc(Nc2c(C(N)=O)cnc3cc(-c4ccc5nc[nH]c(=O)c5c4)ccc23)c1. The Balaban J connectivity index is 1.59. The number of fused-ring (bicyclic) bond motifs is 2. The molecular weight excluding hydrogens is 458 g/mol. The first-order chi connectivity index (χ1) is 17.4. The fourth-order valence-electron chi connectivity index (χ4n) is 4.03. The number of hydrogen-bond acceptors (Lipinski definition) is 7. The summed E-state index contributed by atoms with van der Waals surface area (Å²) in [5.74, 6) is -1.08. The minimum atomic E-state index is -0.640. The van der Waals surface area contributed by atoms with Crippen molar-refractivity contribution < 1.29 is 14.3 Å². The van der Waals surface area contributed by atoms with E-state index in [1.165, 1.54) is 12.5 Å². The summed E-state index contributed by atoms with van der Waals surface area (Å²) in [4.78, 5) is 47.8. The van der Waals surface area contributed by atoms with E-state index in [2.05, 4.69) is 20.3 Å². The third-order valence-electron chi connectivity index (χ3n) is 5.75. The van der Waals surface area contributed by atoms with Crippen molar-refractivity contribution >= 4 is 45.1 Å². The highest BCUT2D eigenvalue weighted by Crippen LogP contribution is 2.32. The number of aromatic nitrogens is 3. The van der Waals surface area contributed by atoms with E-state index in [1.54, 1.807) is 43.3 Å². The molecule has 1 amide bonds. The van der Waals surface area contributed by atoms with Gasteiger partial charge in [-0.05, 0) is 54.4 Å². The number of H-pyrrole nitrogens is 1. The molecule has 9 heteroatoms. The molecule has 9 nitrogen and oxygen atoms in total. The van der Waals surface area contributed by atoms with E-state index in [-0.39, 0.29) is 17.7 Å². The normalized spacial score (nSPS) is 10.9. The van der Waals surface area contributed by atoms with Crippen LogP contribution in [-0.4, -0.2) is 33.4 Å². The lowest BCUT2D eigenvalue weighted by atomic mass is 10.0. The maximum atomic E-state index is 12.2. The number of rotatable bonds is 6. The average Bonchev–Trinajstić information content (AvgIpc) is 2.89. The van der Waals surface area contributed by atoms with E-state index < -0.39 is 11.9 Å². The Morgan fingerprint density at radius 1 is 0.972 bits per heavy atom. The fourth-order valence-corrected chi connectivity index (χ4v) is 4.03. The number of nitrogens with one attached hydrogen (secondary N) is 2. The van der Waals surface area contributed by atoms with E-state index >= 15 is 0 Å². The molecule has 0 atom stereocenters. The number of esters is 1. The van der Waals surface area contributed by atoms with Crippen LogP contribution in [0.5, 0.6) is 0 Å². The topological polar surface area (TPSA) is 140 Å². The van der Waals surface area contributed by atoms with Crippen LogP contribution in [0, 0.1) is 0 Å². The number of nitrogens with two attached hydrogens (primary N) is 1. The maximum absolute atomic E-state index is 12.2. The third kappa shape index (κ3) is 4.25. The van der Waals surface area contributed by atoms with Crippen LogP contribution in [0.15, 0.2) is 78.0 Å². The van der Waals surface area contributed by atoms with Crippen LogP contribution in [0.3, 0.4) is 0 Å². The maximum Gasteiger partial charge on any atom is 0.338 e. The van der Waals surface area contributed by atoms with E-state index in [4.69, 9.17) is 10.5 Å². The van der Waals surface area contributed by atoms with Crippen LogP contribution in [0.1, 0.15) is 27.6 Å². The van der Waals surface area contributed by atoms with Crippen LogP contribution in [0.25, 0.3) is 32.9 Å². The summed E-state index contributed by atoms with van der Waals surface area (Å²) in [6.07, 6.45) is 2.79. The molecule has 0 aliphatic rings. The number of amides is 1. The highest BCUT2D eigenvalue weighted by Gasteiger charge is 2.16. The Labute approximate surface area is 205 Å². The van der Waals surface area contributed by atoms with Crippen molar-refractivity contribution in [1.29, 1.82) is 0 Å². The molecule has 0 aliphatic heterocycles. The lowest BCUT2D eigenvalue weighted by molar-refractivity contribution is 0.0526. The summed E-state index contributed by atoms with van der Waals surface area (Å²) in [6.45, 7) is 2.01. The van der Waals surface area contributed by atoms with Gasteiger partial charge in [-0.2, -0.15) is 0 Å². The highest BCUT2D eigenvalue weighted by molar-refractivity contribution is 6.08. The van der Waals surface area contributed by atoms with Crippen LogP contribution in [0.2, 0.25) is 0 Å². The van der Waals surface area contributed by atoms with Gasteiger partial charge in [-0.15, -0.1) is 0 Å². The third-order valence-corrected chi connectivity index (χ3v) is 5.75. The zero-order valence-electron chi connectivity index (χ0n) is 19.2. The summed E-state index contributed by atoms with van der Waals surface area (Å²) in [7, 11) is 0. The average molecular weight is 479 g/mol. The summed E-state index contributed by atoms with van der Waals surface area (Å²) < 4.78 is 5.08. The van der Waals surface area contributed by atoms with Gasteiger partial charge in [0.25, 0.3) is 11.5 Å². The molecule has 5 rings (SSSR count). The molecule has 2 heterocycles. The van der Waals surface area contributed by atoms with Crippen molar-refractivity contribution in [2.24, 2.45) is 5.73 Å². The molecule has 0 aliphatic carbocycles. The van der Waals surface area contributed by atoms with E-state index in [0.717, 1.165) is 11.1 Å². The number of carbonyl (C=O) groups excluding carboxylic acids is 2. The quantitative estimate of drug-likeness (QED) is 0.311. The van der Waals surface area contributed by atoms with Gasteiger partial charge in [0.15, 0.2) is 0 Å². The van der Waals surface area contributed by atoms with Gasteiger partial charge in [0.1, 0.15) is 0 Å². The van der Waals surface area contributed by atoms with Gasteiger partial charge >= 0.3 is 5.97 Å². The Bertz CT molecular complexity index is 1710. The number of carbonyl (C=O) groups is 2. The van der Waals surface area contributed by atoms with E-state index in [9.17, 15) is 14.4 Å². The highest BCUT2D eigenvalue weighted by atomic mass is 16.5. The Morgan fingerprint density at radius 3 is 2.58 bits per heavy atom. The largest absolute Gasteiger partial charge is 0.462 e. The zero-order valence-corrected chi connectivity index (χ0v) is 19.2. The van der Waals surface area contributed by atoms with Crippen LogP contribution in [0.4, 0.5) is 11.4 Å². The monoisotopic (exact) mass is 479 g/mol. The van der Waals surface area contributed by atoms with Crippen molar-refractivity contribution in [1.82, 2.24) is 15.0 Å². The van der Waals surface area contributed by atoms with E-state index in [0.29, 0.717) is 38.7 Å². The van der Waals surface area contributed by atoms with Gasteiger partial charge in [0, 0.05) is 17.3 Å². The second kappa shape index (κ2) is 9.30. The minimum Gasteiger partial charge on any atom is -0.462 e. The molecule has 0 spiro atoms. The molecule has 3 aromatic carbocycles. The van der Waals surface area contributed by atoms with Crippen molar-refractivity contribution in [3.63, 3.8) is 0 Å². The number of nitrogens with zero attached hydrogens (tertiary/aromatic N) is 2. The number of anilines is 2. The molecule has 0 radical (unpaired) electrons. The standard InChI is InChI=1S/C27H21N5O4/c1-2-36-27(35)17-4-3-5-18(10-17)32-24-19-8-6-16(12-23(19)29-13-21(24)25(28)33)15-7-9-22-20(11-15)26(34)31-14-30-22/h3-14H,2H2,1H3,(H2,28,33)(H,29,32)(H,30,31,34). The van der Waals surface area contributed by atoms with Crippen molar-refractivity contribution in [3.05, 3.63) is 94.7 Å². The molecule has 0 saturated heterocycles. The Morgan fingerprint density at radius 2 is 1.78 bits per heavy atom. The summed E-state index contributed by atoms with van der Waals surface area (Å²) in [5, 5.41) is 4.37. The fraction of sp³-hybridized carbons (Fsp3) is 0.0741. The lowest BCUT2D eigenvalue weighted by Crippen LogP contribution is -2.14. The summed E-state index contributed by atoms with van der Waals surface area (Å²) in [6, 6.07) is 17.8. The molecule has 2 aromatic heterocycles. The molecule has 0 fully saturated rings. The number of ether oxygens (including phenoxy) is 1. The minimum absolute atomic E-state index is 0.208. The van der Waals surface area contributed by atoms with Crippen LogP contribution in [-0.2, 0) is 4.74 Å². The number of aromatic amines is 1. The molecule has 0 saturated carbocycles. The molecule has 178 valence electrons. The van der Waals surface area contributed by atoms with Gasteiger partial charge in [0.05, 0.1) is 46.2 Å². The van der Waals surface area contributed by atoms with E-state index in [1.807, 2.05) is 24.3 Å². The molecule has 4 N–H and O–H groups in total. The first-order valence-electron chi connectivity index (χ1n) is 11.2. The second-order valence-corrected chi connectivity index (χ2v) is 8.03. The molecule has 5 aromatic rings. The molecular formula is C27H21N5O4. The molecule has 0 bridgehead atoms. The summed E-state index contributed by atoms with van der Waals surface area (Å²) >= 11 is 0. The van der Waals surface area contributed by atoms with Gasteiger partial charge in [0.2, 0.25) is 0 Å². The van der Waals surface area contributed by atoms with Crippen molar-refractivity contribution in [2.45, 2.75) is 6.92 Å². The van der Waals surface area contributed by atoms with Gasteiger partial charge in [-0.25, -0.2) is 9.78 Å². The zero-order chi connectivity index (χ0) is 25.2. The predicted octanol–water partition coefficient (Wildman–Crippen LogP) is 4.16. The molecule has 36 heavy (non-hydrogen) atoms. The smallest absolute Gasteiger partial charge is 0.338 e. The number of pyridine rings is 1. The van der Waals surface area contributed by atoms with Gasteiger partial charge in [-0.3, -0.25) is 14.6 Å². The molecule has 0 unspecified atom stereocenters. The first-order valence-corrected chi connectivity index (χ1v) is 11.2. The van der Waals surface area contributed by atoms with Crippen LogP contribution < -0.4 is 16.6 Å². The predicted molar refractivity (Wildman–Crippen MR) is 137 cm³/mol. The van der Waals surface area contributed by atoms with Gasteiger partial charge in [-0.1, -0.05) is 24.3 Å². The van der Waals surface area contributed by atoms with Crippen molar-refractivity contribution in [2.75, 3.05) is 11.9 Å². The number of primary amides is 1. The second-order valence-electron chi connectivity index (χ2n) is 8.03. The Hall–Kier alpha value is -5.05. The first kappa shape index (κ1) is 22.7. The van der Waals surface area contributed by atoms with Crippen LogP contribution >= 0.6 is 0 Å². The van der Waals surface area contributed by atoms with Gasteiger partial charge < -0.3 is 20.8 Å². The summed E-state index contributed by atoms with van der Waals surface area (Å²) in [5.41, 5.74) is 9.93. The van der Waals surface area contributed by atoms with Crippen molar-refractivity contribution in [3.8, 4) is 11.1 Å². The number of hydrogen-bond donors (Lipinski definition) is 3.